The number of carbonyl (C=O) groups is 1. The van der Waals surface area contributed by atoms with Crippen molar-refractivity contribution in [3.63, 3.8) is 0 Å². The van der Waals surface area contributed by atoms with Gasteiger partial charge in [0.25, 0.3) is 0 Å². The number of sulfone groups is 1. The van der Waals surface area contributed by atoms with Gasteiger partial charge in [-0.05, 0) is 38.0 Å². The number of nitrogens with one attached hydrogen (secondary N) is 2. The van der Waals surface area contributed by atoms with E-state index in [0.717, 1.165) is 31.6 Å². The molecule has 2 fully saturated rings. The molecule has 0 aliphatic heterocycles. The van der Waals surface area contributed by atoms with Gasteiger partial charge in [0, 0.05) is 18.8 Å². The fourth-order valence-corrected chi connectivity index (χ4v) is 4.97. The van der Waals surface area contributed by atoms with Gasteiger partial charge in [0.15, 0.2) is 0 Å². The predicted octanol–water partition coefficient (Wildman–Crippen LogP) is 2.61. The first kappa shape index (κ1) is 17.6. The molecular weight excluding hydrogens is 300 g/mol. The first-order chi connectivity index (χ1) is 10.4. The van der Waals surface area contributed by atoms with Gasteiger partial charge in [-0.2, -0.15) is 0 Å². The molecule has 2 saturated carbocycles. The van der Waals surface area contributed by atoms with Gasteiger partial charge in [-0.1, -0.05) is 32.1 Å². The number of amides is 2. The Balaban J connectivity index is 1.61. The zero-order valence-corrected chi connectivity index (χ0v) is 14.5. The van der Waals surface area contributed by atoms with Crippen LogP contribution in [0.1, 0.15) is 64.2 Å². The van der Waals surface area contributed by atoms with Crippen molar-refractivity contribution in [1.82, 2.24) is 10.6 Å². The van der Waals surface area contributed by atoms with Crippen LogP contribution in [-0.2, 0) is 9.84 Å². The highest BCUT2D eigenvalue weighted by Crippen LogP contribution is 2.28. The Kier molecular flexibility index (Phi) is 6.53. The molecule has 5 nitrogen and oxygen atoms in total. The van der Waals surface area contributed by atoms with E-state index < -0.39 is 9.84 Å². The third kappa shape index (κ3) is 5.78. The van der Waals surface area contributed by atoms with E-state index in [1.807, 2.05) is 0 Å². The lowest BCUT2D eigenvalue weighted by molar-refractivity contribution is 0.232. The predicted molar refractivity (Wildman–Crippen MR) is 88.6 cm³/mol. The van der Waals surface area contributed by atoms with Crippen molar-refractivity contribution in [2.75, 3.05) is 12.8 Å². The van der Waals surface area contributed by atoms with Gasteiger partial charge in [-0.3, -0.25) is 0 Å². The Morgan fingerprint density at radius 2 is 1.82 bits per heavy atom. The summed E-state index contributed by atoms with van der Waals surface area (Å²) in [6.07, 6.45) is 12.0. The molecule has 0 aromatic carbocycles. The Hall–Kier alpha value is -0.780. The monoisotopic (exact) mass is 330 g/mol. The summed E-state index contributed by atoms with van der Waals surface area (Å²) in [5, 5.41) is 5.55. The van der Waals surface area contributed by atoms with Crippen LogP contribution in [-0.4, -0.2) is 38.5 Å². The standard InChI is InChI=1S/C16H30N2O3S/c1-22(20,21)15-10-4-9-14(12-15)18-16(19)17-11-5-8-13-6-2-3-7-13/h13-15H,2-12H2,1H3,(H2,17,18,19)/t14-,15+/m0/s1. The maximum Gasteiger partial charge on any atom is 0.315 e. The van der Waals surface area contributed by atoms with Gasteiger partial charge in [-0.15, -0.1) is 0 Å². The lowest BCUT2D eigenvalue weighted by atomic mass is 9.95. The second-order valence-corrected chi connectivity index (χ2v) is 9.33. The molecule has 2 rings (SSSR count). The molecule has 2 atom stereocenters. The summed E-state index contributed by atoms with van der Waals surface area (Å²) in [5.41, 5.74) is 0. The molecule has 2 N–H and O–H groups in total. The minimum atomic E-state index is -3.00. The van der Waals surface area contributed by atoms with E-state index in [1.54, 1.807) is 0 Å². The third-order valence-electron chi connectivity index (χ3n) is 5.12. The summed E-state index contributed by atoms with van der Waals surface area (Å²) < 4.78 is 23.3. The quantitative estimate of drug-likeness (QED) is 0.735. The second-order valence-electron chi connectivity index (χ2n) is 7.01. The van der Waals surface area contributed by atoms with Crippen LogP contribution in [0, 0.1) is 5.92 Å². The fraction of sp³-hybridized carbons (Fsp3) is 0.938. The van der Waals surface area contributed by atoms with Gasteiger partial charge >= 0.3 is 6.03 Å². The van der Waals surface area contributed by atoms with Crippen molar-refractivity contribution in [3.05, 3.63) is 0 Å². The molecule has 128 valence electrons. The van der Waals surface area contributed by atoms with Crippen LogP contribution < -0.4 is 10.6 Å². The average Bonchev–Trinajstić information content (AvgIpc) is 2.96. The van der Waals surface area contributed by atoms with Crippen LogP contribution in [0.2, 0.25) is 0 Å². The van der Waals surface area contributed by atoms with Gasteiger partial charge in [0.2, 0.25) is 0 Å². The summed E-state index contributed by atoms with van der Waals surface area (Å²) in [6.45, 7) is 0.713. The van der Waals surface area contributed by atoms with Crippen molar-refractivity contribution >= 4 is 15.9 Å². The van der Waals surface area contributed by atoms with Crippen LogP contribution in [0.3, 0.4) is 0 Å². The second kappa shape index (κ2) is 8.18. The van der Waals surface area contributed by atoms with Crippen molar-refractivity contribution in [1.29, 1.82) is 0 Å². The van der Waals surface area contributed by atoms with Crippen LogP contribution in [0.25, 0.3) is 0 Å². The molecule has 0 spiro atoms. The summed E-state index contributed by atoms with van der Waals surface area (Å²) in [7, 11) is -3.00. The van der Waals surface area contributed by atoms with E-state index >= 15 is 0 Å². The van der Waals surface area contributed by atoms with Crippen LogP contribution >= 0.6 is 0 Å². The smallest absolute Gasteiger partial charge is 0.315 e. The lowest BCUT2D eigenvalue weighted by Gasteiger charge is -2.28. The summed E-state index contributed by atoms with van der Waals surface area (Å²) >= 11 is 0. The SMILES string of the molecule is CS(=O)(=O)[C@@H]1CCC[C@H](NC(=O)NCCCC2CCCC2)C1. The molecular formula is C16H30N2O3S. The van der Waals surface area contributed by atoms with E-state index in [4.69, 9.17) is 0 Å². The number of hydrogen-bond donors (Lipinski definition) is 2. The molecule has 2 aliphatic rings. The Morgan fingerprint density at radius 3 is 2.50 bits per heavy atom. The highest BCUT2D eigenvalue weighted by Gasteiger charge is 2.29. The Morgan fingerprint density at radius 1 is 1.09 bits per heavy atom. The molecule has 0 saturated heterocycles. The largest absolute Gasteiger partial charge is 0.338 e. The topological polar surface area (TPSA) is 75.3 Å². The summed E-state index contributed by atoms with van der Waals surface area (Å²) in [5.74, 6) is 0.860. The van der Waals surface area contributed by atoms with Crippen molar-refractivity contribution in [2.24, 2.45) is 5.92 Å². The third-order valence-corrected chi connectivity index (χ3v) is 6.76. The summed E-state index contributed by atoms with van der Waals surface area (Å²) in [4.78, 5) is 11.9. The van der Waals surface area contributed by atoms with E-state index in [9.17, 15) is 13.2 Å². The van der Waals surface area contributed by atoms with Crippen LogP contribution in [0.15, 0.2) is 0 Å². The maximum absolute atomic E-state index is 11.9. The maximum atomic E-state index is 11.9. The Bertz CT molecular complexity index is 458. The zero-order chi connectivity index (χ0) is 16.0. The first-order valence-electron chi connectivity index (χ1n) is 8.68. The highest BCUT2D eigenvalue weighted by atomic mass is 32.2. The highest BCUT2D eigenvalue weighted by molar-refractivity contribution is 7.91. The van der Waals surface area contributed by atoms with E-state index in [1.165, 1.54) is 38.4 Å². The van der Waals surface area contributed by atoms with E-state index in [0.29, 0.717) is 13.0 Å². The average molecular weight is 330 g/mol. The summed E-state index contributed by atoms with van der Waals surface area (Å²) in [6, 6.07) is -0.158. The normalized spacial score (nSPS) is 26.8. The zero-order valence-electron chi connectivity index (χ0n) is 13.6. The molecule has 6 heteroatoms. The van der Waals surface area contributed by atoms with Crippen molar-refractivity contribution in [3.8, 4) is 0 Å². The first-order valence-corrected chi connectivity index (χ1v) is 10.6. The molecule has 0 aromatic rings. The van der Waals surface area contributed by atoms with Crippen molar-refractivity contribution in [2.45, 2.75) is 75.5 Å². The molecule has 22 heavy (non-hydrogen) atoms. The van der Waals surface area contributed by atoms with E-state index in [2.05, 4.69) is 10.6 Å². The lowest BCUT2D eigenvalue weighted by Crippen LogP contribution is -2.46. The molecule has 0 bridgehead atoms. The van der Waals surface area contributed by atoms with Gasteiger partial charge in [0.1, 0.15) is 9.84 Å². The minimum absolute atomic E-state index is 0.0108. The molecule has 0 radical (unpaired) electrons. The number of urea groups is 1. The number of carbonyl (C=O) groups excluding carboxylic acids is 1. The molecule has 0 heterocycles. The number of hydrogen-bond acceptors (Lipinski definition) is 3. The minimum Gasteiger partial charge on any atom is -0.338 e. The van der Waals surface area contributed by atoms with Gasteiger partial charge in [-0.25, -0.2) is 13.2 Å². The molecule has 0 aromatic heterocycles. The molecule has 2 amide bonds. The molecule has 0 unspecified atom stereocenters. The van der Waals surface area contributed by atoms with Gasteiger partial charge < -0.3 is 10.6 Å². The van der Waals surface area contributed by atoms with E-state index in [-0.39, 0.29) is 17.3 Å². The molecule has 2 aliphatic carbocycles. The van der Waals surface area contributed by atoms with Crippen LogP contribution in [0.4, 0.5) is 4.79 Å². The van der Waals surface area contributed by atoms with Crippen molar-refractivity contribution < 1.29 is 13.2 Å². The van der Waals surface area contributed by atoms with Crippen LogP contribution in [0.5, 0.6) is 0 Å². The van der Waals surface area contributed by atoms with Gasteiger partial charge in [0.05, 0.1) is 5.25 Å². The Labute approximate surface area is 134 Å². The fourth-order valence-electron chi connectivity index (χ4n) is 3.79. The number of rotatable bonds is 6.